The lowest BCUT2D eigenvalue weighted by atomic mass is 9.96. The zero-order chi connectivity index (χ0) is 18.7. The van der Waals surface area contributed by atoms with Crippen molar-refractivity contribution in [2.24, 2.45) is 5.92 Å². The van der Waals surface area contributed by atoms with Crippen LogP contribution in [0.4, 0.5) is 17.2 Å². The third-order valence-corrected chi connectivity index (χ3v) is 4.92. The van der Waals surface area contributed by atoms with E-state index in [1.807, 2.05) is 18.2 Å². The highest BCUT2D eigenvalue weighted by Crippen LogP contribution is 2.33. The Morgan fingerprint density at radius 2 is 2.12 bits per heavy atom. The molecule has 6 heteroatoms. The Morgan fingerprint density at radius 3 is 2.81 bits per heavy atom. The van der Waals surface area contributed by atoms with Crippen molar-refractivity contribution in [3.05, 3.63) is 48.2 Å². The number of carbonyl (C=O) groups excluding carboxylic acids is 2. The van der Waals surface area contributed by atoms with Crippen LogP contribution in [0.2, 0.25) is 0 Å². The van der Waals surface area contributed by atoms with Gasteiger partial charge in [0.1, 0.15) is 5.82 Å². The highest BCUT2D eigenvalue weighted by molar-refractivity contribution is 6.03. The number of hydrogen-bond acceptors (Lipinski definition) is 4. The molecular weight excluding hydrogens is 328 g/mol. The summed E-state index contributed by atoms with van der Waals surface area (Å²) in [5.41, 5.74) is 8.19. The number of benzene rings is 1. The minimum Gasteiger partial charge on any atom is -0.384 e. The molecule has 26 heavy (non-hydrogen) atoms. The van der Waals surface area contributed by atoms with E-state index in [4.69, 9.17) is 5.73 Å². The lowest BCUT2D eigenvalue weighted by molar-refractivity contribution is -0.122. The molecule has 0 aliphatic carbocycles. The fourth-order valence-electron chi connectivity index (χ4n) is 3.21. The minimum absolute atomic E-state index is 0.0173. The average molecular weight is 352 g/mol. The monoisotopic (exact) mass is 352 g/mol. The summed E-state index contributed by atoms with van der Waals surface area (Å²) in [6.07, 6.45) is 2.72. The van der Waals surface area contributed by atoms with Gasteiger partial charge in [0.15, 0.2) is 0 Å². The molecule has 1 aromatic heterocycles. The Morgan fingerprint density at radius 1 is 1.35 bits per heavy atom. The van der Waals surface area contributed by atoms with Gasteiger partial charge in [-0.2, -0.15) is 0 Å². The summed E-state index contributed by atoms with van der Waals surface area (Å²) in [7, 11) is 0. The molecule has 2 atom stereocenters. The Balaban J connectivity index is 1.75. The molecule has 3 N–H and O–H groups in total. The van der Waals surface area contributed by atoms with E-state index in [0.717, 1.165) is 17.7 Å². The topological polar surface area (TPSA) is 88.3 Å². The van der Waals surface area contributed by atoms with E-state index in [0.29, 0.717) is 24.0 Å². The van der Waals surface area contributed by atoms with Crippen LogP contribution in [0.25, 0.3) is 0 Å². The van der Waals surface area contributed by atoms with Crippen molar-refractivity contribution in [1.29, 1.82) is 0 Å². The van der Waals surface area contributed by atoms with Gasteiger partial charge in [-0.1, -0.05) is 32.0 Å². The second-order valence-electron chi connectivity index (χ2n) is 6.73. The Kier molecular flexibility index (Phi) is 5.21. The van der Waals surface area contributed by atoms with Gasteiger partial charge in [0.05, 0.1) is 17.8 Å². The van der Waals surface area contributed by atoms with Crippen molar-refractivity contribution in [1.82, 2.24) is 4.98 Å². The molecule has 2 heterocycles. The number of nitrogen functional groups attached to an aromatic ring is 1. The lowest BCUT2D eigenvalue weighted by Crippen LogP contribution is -2.29. The molecule has 0 spiro atoms. The number of amides is 2. The molecule has 3 rings (SSSR count). The van der Waals surface area contributed by atoms with Gasteiger partial charge in [0.2, 0.25) is 11.8 Å². The molecule has 2 amide bonds. The van der Waals surface area contributed by atoms with E-state index in [2.05, 4.69) is 30.2 Å². The first kappa shape index (κ1) is 17.9. The largest absolute Gasteiger partial charge is 0.384 e. The maximum atomic E-state index is 12.6. The average Bonchev–Trinajstić information content (AvgIpc) is 3.04. The zero-order valence-electron chi connectivity index (χ0n) is 15.1. The maximum Gasteiger partial charge on any atom is 0.229 e. The SMILES string of the molecule is CCC(C)c1ccccc1N1CC(C(=O)Nc2ccc(N)nc2)CC1=O. The van der Waals surface area contributed by atoms with Crippen LogP contribution in [-0.4, -0.2) is 23.3 Å². The van der Waals surface area contributed by atoms with E-state index >= 15 is 0 Å². The van der Waals surface area contributed by atoms with Gasteiger partial charge in [0.25, 0.3) is 0 Å². The van der Waals surface area contributed by atoms with Crippen molar-refractivity contribution in [2.75, 3.05) is 22.5 Å². The molecule has 1 aliphatic heterocycles. The molecule has 2 unspecified atom stereocenters. The Bertz CT molecular complexity index is 804. The van der Waals surface area contributed by atoms with Gasteiger partial charge in [0, 0.05) is 18.7 Å². The zero-order valence-corrected chi connectivity index (χ0v) is 15.1. The number of pyridine rings is 1. The Labute approximate surface area is 153 Å². The molecule has 0 bridgehead atoms. The van der Waals surface area contributed by atoms with Gasteiger partial charge in [-0.25, -0.2) is 4.98 Å². The van der Waals surface area contributed by atoms with Gasteiger partial charge in [-0.15, -0.1) is 0 Å². The molecule has 0 saturated carbocycles. The van der Waals surface area contributed by atoms with Crippen LogP contribution in [0.15, 0.2) is 42.6 Å². The molecule has 136 valence electrons. The van der Waals surface area contributed by atoms with E-state index in [-0.39, 0.29) is 24.2 Å². The fourth-order valence-corrected chi connectivity index (χ4v) is 3.21. The van der Waals surface area contributed by atoms with Crippen LogP contribution in [0, 0.1) is 5.92 Å². The van der Waals surface area contributed by atoms with Gasteiger partial charge in [-0.3, -0.25) is 9.59 Å². The van der Waals surface area contributed by atoms with Crippen LogP contribution in [0.3, 0.4) is 0 Å². The number of para-hydroxylation sites is 1. The number of carbonyl (C=O) groups is 2. The molecule has 2 aromatic rings. The first-order valence-corrected chi connectivity index (χ1v) is 8.91. The quantitative estimate of drug-likeness (QED) is 0.865. The number of nitrogens with two attached hydrogens (primary N) is 1. The molecule has 1 aromatic carbocycles. The van der Waals surface area contributed by atoms with E-state index in [1.54, 1.807) is 17.0 Å². The number of anilines is 3. The first-order chi connectivity index (χ1) is 12.5. The lowest BCUT2D eigenvalue weighted by Gasteiger charge is -2.23. The van der Waals surface area contributed by atoms with Crippen LogP contribution in [0.1, 0.15) is 38.2 Å². The molecule has 1 fully saturated rings. The summed E-state index contributed by atoms with van der Waals surface area (Å²) in [4.78, 5) is 30.8. The van der Waals surface area contributed by atoms with Gasteiger partial charge >= 0.3 is 0 Å². The smallest absolute Gasteiger partial charge is 0.229 e. The number of rotatable bonds is 5. The van der Waals surface area contributed by atoms with E-state index in [9.17, 15) is 9.59 Å². The van der Waals surface area contributed by atoms with Crippen LogP contribution >= 0.6 is 0 Å². The number of nitrogens with zero attached hydrogens (tertiary/aromatic N) is 2. The molecule has 1 aliphatic rings. The summed E-state index contributed by atoms with van der Waals surface area (Å²) in [5, 5.41) is 2.82. The predicted octanol–water partition coefficient (Wildman–Crippen LogP) is 3.17. The maximum absolute atomic E-state index is 12.6. The summed E-state index contributed by atoms with van der Waals surface area (Å²) < 4.78 is 0. The minimum atomic E-state index is -0.384. The van der Waals surface area contributed by atoms with E-state index < -0.39 is 0 Å². The van der Waals surface area contributed by atoms with Gasteiger partial charge < -0.3 is 16.0 Å². The Hall–Kier alpha value is -2.89. The molecule has 0 radical (unpaired) electrons. The number of aromatic nitrogens is 1. The highest BCUT2D eigenvalue weighted by atomic mass is 16.2. The van der Waals surface area contributed by atoms with Crippen LogP contribution in [0.5, 0.6) is 0 Å². The second-order valence-corrected chi connectivity index (χ2v) is 6.73. The van der Waals surface area contributed by atoms with Crippen molar-refractivity contribution in [3.8, 4) is 0 Å². The number of nitrogens with one attached hydrogen (secondary N) is 1. The summed E-state index contributed by atoms with van der Waals surface area (Å²) in [5.74, 6) is 0.175. The summed E-state index contributed by atoms with van der Waals surface area (Å²) in [6.45, 7) is 4.67. The van der Waals surface area contributed by atoms with Crippen molar-refractivity contribution in [2.45, 2.75) is 32.6 Å². The van der Waals surface area contributed by atoms with Crippen LogP contribution in [-0.2, 0) is 9.59 Å². The van der Waals surface area contributed by atoms with Crippen molar-refractivity contribution < 1.29 is 9.59 Å². The summed E-state index contributed by atoms with van der Waals surface area (Å²) in [6, 6.07) is 11.3. The van der Waals surface area contributed by atoms with Crippen molar-refractivity contribution in [3.63, 3.8) is 0 Å². The third-order valence-electron chi connectivity index (χ3n) is 4.92. The van der Waals surface area contributed by atoms with Crippen molar-refractivity contribution >= 4 is 29.0 Å². The van der Waals surface area contributed by atoms with E-state index in [1.165, 1.54) is 6.20 Å². The first-order valence-electron chi connectivity index (χ1n) is 8.91. The third kappa shape index (κ3) is 3.69. The highest BCUT2D eigenvalue weighted by Gasteiger charge is 2.36. The number of hydrogen-bond donors (Lipinski definition) is 2. The normalized spacial score (nSPS) is 18.0. The predicted molar refractivity (Wildman–Crippen MR) is 103 cm³/mol. The van der Waals surface area contributed by atoms with Crippen LogP contribution < -0.4 is 16.0 Å². The second kappa shape index (κ2) is 7.56. The molecular formula is C20H24N4O2. The standard InChI is InChI=1S/C20H24N4O2/c1-3-13(2)16-6-4-5-7-17(16)24-12-14(10-19(24)25)20(26)23-15-8-9-18(21)22-11-15/h4-9,11,13-14H,3,10,12H2,1-2H3,(H2,21,22)(H,23,26). The van der Waals surface area contributed by atoms with Gasteiger partial charge in [-0.05, 0) is 36.1 Å². The molecule has 1 saturated heterocycles. The fraction of sp³-hybridized carbons (Fsp3) is 0.350. The summed E-state index contributed by atoms with van der Waals surface area (Å²) >= 11 is 0. The molecule has 6 nitrogen and oxygen atoms in total.